The third-order valence-electron chi connectivity index (χ3n) is 4.02. The van der Waals surface area contributed by atoms with Gasteiger partial charge in [0.1, 0.15) is 16.2 Å². The first-order chi connectivity index (χ1) is 8.67. The normalized spacial score (nSPS) is 17.3. The lowest BCUT2D eigenvalue weighted by Gasteiger charge is -2.41. The predicted molar refractivity (Wildman–Crippen MR) is 78.8 cm³/mol. The van der Waals surface area contributed by atoms with Gasteiger partial charge in [-0.25, -0.2) is 9.97 Å². The summed E-state index contributed by atoms with van der Waals surface area (Å²) in [6.07, 6.45) is 7.36. The first-order valence-corrected chi connectivity index (χ1v) is 7.74. The fourth-order valence-corrected chi connectivity index (χ4v) is 2.92. The van der Waals surface area contributed by atoms with E-state index in [1.54, 1.807) is 0 Å². The number of aryl methyl sites for hydroxylation is 1. The topological polar surface area (TPSA) is 37.8 Å². The molecule has 1 heterocycles. The molecule has 0 aliphatic heterocycles. The molecule has 0 atom stereocenters. The van der Waals surface area contributed by atoms with Crippen LogP contribution in [0.4, 0.5) is 5.82 Å². The number of nitrogens with zero attached hydrogens (tertiary/aromatic N) is 2. The summed E-state index contributed by atoms with van der Waals surface area (Å²) in [6, 6.07) is 1.97. The standard InChI is InChI=1S/C14H22BrN3/c1-3-6-12-17-11(15)9-13(18-12)16-10-14(4-2)7-5-8-14/h9H,3-8,10H2,1-2H3,(H,16,17,18). The van der Waals surface area contributed by atoms with Crippen molar-refractivity contribution >= 4 is 21.7 Å². The number of halogens is 1. The van der Waals surface area contributed by atoms with Crippen LogP contribution in [-0.2, 0) is 6.42 Å². The molecule has 0 spiro atoms. The molecule has 0 saturated heterocycles. The van der Waals surface area contributed by atoms with Crippen molar-refractivity contribution in [2.75, 3.05) is 11.9 Å². The van der Waals surface area contributed by atoms with E-state index >= 15 is 0 Å². The molecule has 1 N–H and O–H groups in total. The van der Waals surface area contributed by atoms with Crippen LogP contribution in [0, 0.1) is 5.41 Å². The van der Waals surface area contributed by atoms with Crippen LogP contribution in [0.25, 0.3) is 0 Å². The van der Waals surface area contributed by atoms with Gasteiger partial charge in [-0.2, -0.15) is 0 Å². The van der Waals surface area contributed by atoms with Gasteiger partial charge in [-0.1, -0.05) is 20.3 Å². The smallest absolute Gasteiger partial charge is 0.132 e. The lowest BCUT2D eigenvalue weighted by atomic mass is 9.67. The van der Waals surface area contributed by atoms with Crippen molar-refractivity contribution in [2.24, 2.45) is 5.41 Å². The number of hydrogen-bond donors (Lipinski definition) is 1. The second-order valence-corrected chi connectivity index (χ2v) is 6.12. The first kappa shape index (κ1) is 13.8. The molecule has 4 heteroatoms. The van der Waals surface area contributed by atoms with Gasteiger partial charge in [0, 0.05) is 19.0 Å². The molecule has 3 nitrogen and oxygen atoms in total. The summed E-state index contributed by atoms with van der Waals surface area (Å²) in [5.74, 6) is 1.88. The van der Waals surface area contributed by atoms with Gasteiger partial charge in [0.25, 0.3) is 0 Å². The highest BCUT2D eigenvalue weighted by Gasteiger charge is 2.34. The molecule has 1 aliphatic carbocycles. The number of hydrogen-bond acceptors (Lipinski definition) is 3. The number of anilines is 1. The summed E-state index contributed by atoms with van der Waals surface area (Å²) in [5, 5.41) is 3.50. The maximum absolute atomic E-state index is 4.57. The Morgan fingerprint density at radius 1 is 1.33 bits per heavy atom. The number of nitrogens with one attached hydrogen (secondary N) is 1. The molecule has 1 aromatic rings. The van der Waals surface area contributed by atoms with E-state index in [0.29, 0.717) is 5.41 Å². The highest BCUT2D eigenvalue weighted by molar-refractivity contribution is 9.10. The predicted octanol–water partition coefficient (Wildman–Crippen LogP) is 4.18. The Hall–Kier alpha value is -0.640. The van der Waals surface area contributed by atoms with E-state index in [1.165, 1.54) is 25.7 Å². The van der Waals surface area contributed by atoms with Crippen molar-refractivity contribution in [3.8, 4) is 0 Å². The van der Waals surface area contributed by atoms with Crippen LogP contribution in [0.5, 0.6) is 0 Å². The summed E-state index contributed by atoms with van der Waals surface area (Å²) < 4.78 is 0.877. The minimum Gasteiger partial charge on any atom is -0.369 e. The van der Waals surface area contributed by atoms with Crippen LogP contribution in [-0.4, -0.2) is 16.5 Å². The van der Waals surface area contributed by atoms with E-state index in [-0.39, 0.29) is 0 Å². The summed E-state index contributed by atoms with van der Waals surface area (Å²) in [5.41, 5.74) is 0.516. The van der Waals surface area contributed by atoms with Gasteiger partial charge in [0.2, 0.25) is 0 Å². The Morgan fingerprint density at radius 2 is 2.11 bits per heavy atom. The minimum absolute atomic E-state index is 0.516. The number of aromatic nitrogens is 2. The lowest BCUT2D eigenvalue weighted by molar-refractivity contribution is 0.145. The molecule has 1 saturated carbocycles. The lowest BCUT2D eigenvalue weighted by Crippen LogP contribution is -2.36. The van der Waals surface area contributed by atoms with Crippen molar-refractivity contribution in [3.63, 3.8) is 0 Å². The van der Waals surface area contributed by atoms with E-state index in [0.717, 1.165) is 35.6 Å². The van der Waals surface area contributed by atoms with E-state index in [2.05, 4.69) is 45.1 Å². The molecule has 0 radical (unpaired) electrons. The SMILES string of the molecule is CCCc1nc(Br)cc(NCC2(CC)CCC2)n1. The van der Waals surface area contributed by atoms with Crippen molar-refractivity contribution in [3.05, 3.63) is 16.5 Å². The Labute approximate surface area is 118 Å². The summed E-state index contributed by atoms with van der Waals surface area (Å²) in [6.45, 7) is 5.48. The molecule has 1 aliphatic rings. The maximum Gasteiger partial charge on any atom is 0.132 e. The van der Waals surface area contributed by atoms with Gasteiger partial charge in [-0.3, -0.25) is 0 Å². The van der Waals surface area contributed by atoms with Crippen LogP contribution in [0.2, 0.25) is 0 Å². The summed E-state index contributed by atoms with van der Waals surface area (Å²) in [7, 11) is 0. The van der Waals surface area contributed by atoms with E-state index in [9.17, 15) is 0 Å². The van der Waals surface area contributed by atoms with Crippen LogP contribution in [0.3, 0.4) is 0 Å². The Balaban J connectivity index is 2.00. The van der Waals surface area contributed by atoms with Gasteiger partial charge < -0.3 is 5.32 Å². The van der Waals surface area contributed by atoms with Gasteiger partial charge in [-0.05, 0) is 47.0 Å². The van der Waals surface area contributed by atoms with Gasteiger partial charge in [-0.15, -0.1) is 0 Å². The van der Waals surface area contributed by atoms with Gasteiger partial charge in [0.15, 0.2) is 0 Å². The van der Waals surface area contributed by atoms with E-state index in [1.807, 2.05) is 6.07 Å². The maximum atomic E-state index is 4.57. The highest BCUT2D eigenvalue weighted by atomic mass is 79.9. The zero-order valence-corrected chi connectivity index (χ0v) is 12.9. The molecule has 0 bridgehead atoms. The fourth-order valence-electron chi connectivity index (χ4n) is 2.50. The van der Waals surface area contributed by atoms with E-state index in [4.69, 9.17) is 0 Å². The quantitative estimate of drug-likeness (QED) is 0.801. The average Bonchev–Trinajstić information content (AvgIpc) is 2.28. The van der Waals surface area contributed by atoms with Crippen molar-refractivity contribution in [1.29, 1.82) is 0 Å². The van der Waals surface area contributed by atoms with Crippen LogP contribution >= 0.6 is 15.9 Å². The summed E-state index contributed by atoms with van der Waals surface area (Å²) in [4.78, 5) is 8.95. The molecule has 100 valence electrons. The molecule has 0 unspecified atom stereocenters. The summed E-state index contributed by atoms with van der Waals surface area (Å²) >= 11 is 3.46. The Kier molecular flexibility index (Phi) is 4.60. The van der Waals surface area contributed by atoms with Gasteiger partial charge in [0.05, 0.1) is 0 Å². The average molecular weight is 312 g/mol. The Morgan fingerprint density at radius 3 is 2.67 bits per heavy atom. The van der Waals surface area contributed by atoms with Crippen LogP contribution in [0.15, 0.2) is 10.7 Å². The van der Waals surface area contributed by atoms with Crippen LogP contribution in [0.1, 0.15) is 51.8 Å². The zero-order chi connectivity index (χ0) is 13.0. The van der Waals surface area contributed by atoms with Crippen molar-refractivity contribution < 1.29 is 0 Å². The first-order valence-electron chi connectivity index (χ1n) is 6.95. The molecular formula is C14H22BrN3. The second kappa shape index (κ2) is 6.00. The molecule has 0 amide bonds. The van der Waals surface area contributed by atoms with Crippen molar-refractivity contribution in [1.82, 2.24) is 9.97 Å². The largest absolute Gasteiger partial charge is 0.369 e. The zero-order valence-electron chi connectivity index (χ0n) is 11.3. The van der Waals surface area contributed by atoms with E-state index < -0.39 is 0 Å². The second-order valence-electron chi connectivity index (χ2n) is 5.30. The third kappa shape index (κ3) is 3.22. The fraction of sp³-hybridized carbons (Fsp3) is 0.714. The number of rotatable bonds is 6. The van der Waals surface area contributed by atoms with Crippen LogP contribution < -0.4 is 5.32 Å². The molecule has 1 fully saturated rings. The van der Waals surface area contributed by atoms with Crippen molar-refractivity contribution in [2.45, 2.75) is 52.4 Å². The Bertz CT molecular complexity index is 397. The molecule has 18 heavy (non-hydrogen) atoms. The molecule has 2 rings (SSSR count). The van der Waals surface area contributed by atoms with Gasteiger partial charge >= 0.3 is 0 Å². The third-order valence-corrected chi connectivity index (χ3v) is 4.43. The monoisotopic (exact) mass is 311 g/mol. The molecule has 0 aromatic carbocycles. The highest BCUT2D eigenvalue weighted by Crippen LogP contribution is 2.43. The minimum atomic E-state index is 0.516. The molecule has 1 aromatic heterocycles. The molecular weight excluding hydrogens is 290 g/mol.